The molecule has 0 atom stereocenters. The van der Waals surface area contributed by atoms with Crippen molar-refractivity contribution in [1.82, 2.24) is 0 Å². The van der Waals surface area contributed by atoms with Crippen molar-refractivity contribution in [1.29, 1.82) is 0 Å². The lowest BCUT2D eigenvalue weighted by Gasteiger charge is -2.26. The first-order valence-electron chi connectivity index (χ1n) is 17.8. The summed E-state index contributed by atoms with van der Waals surface area (Å²) in [6.45, 7) is 4.65. The zero-order valence-electron chi connectivity index (χ0n) is 28.9. The Morgan fingerprint density at radius 3 is 1.81 bits per heavy atom. The van der Waals surface area contributed by atoms with Crippen molar-refractivity contribution >= 4 is 49.8 Å². The van der Waals surface area contributed by atoms with Gasteiger partial charge in [0.05, 0.1) is 5.69 Å². The van der Waals surface area contributed by atoms with Gasteiger partial charge in [0, 0.05) is 32.9 Å². The molecule has 0 aliphatic heterocycles. The standard InChI is InChI=1S/C49H34FNO/c1-49(2)43-14-6-5-11-42(43)46-38(12-7-15-44(46)49)34-21-28-37(29-22-34)51(36-26-19-32(20-27-36)31-17-24-35(50)25-18-31)45-16-8-13-40-41-30-23-33-9-3-4-10-39(33)47(41)52-48(40)45/h3-30H,1-2H3. The summed E-state index contributed by atoms with van der Waals surface area (Å²) in [6.07, 6.45) is 0. The van der Waals surface area contributed by atoms with E-state index in [-0.39, 0.29) is 11.2 Å². The molecule has 1 heterocycles. The first-order valence-corrected chi connectivity index (χ1v) is 17.8. The Balaban J connectivity index is 1.14. The second-order valence-electron chi connectivity index (χ2n) is 14.3. The Labute approximate surface area is 302 Å². The Bertz CT molecular complexity index is 2810. The number of benzene rings is 8. The van der Waals surface area contributed by atoms with Gasteiger partial charge in [0.15, 0.2) is 5.58 Å². The molecule has 0 bridgehead atoms. The SMILES string of the molecule is CC1(C)c2ccccc2-c2c(-c3ccc(N(c4ccc(-c5ccc(F)cc5)cc4)c4cccc5c4oc4c6ccccc6ccc54)cc3)cccc21. The van der Waals surface area contributed by atoms with Crippen molar-refractivity contribution in [2.24, 2.45) is 0 Å². The molecule has 0 fully saturated rings. The summed E-state index contributed by atoms with van der Waals surface area (Å²) in [5, 5.41) is 4.42. The highest BCUT2D eigenvalue weighted by Crippen LogP contribution is 2.52. The van der Waals surface area contributed by atoms with Crippen LogP contribution >= 0.6 is 0 Å². The fourth-order valence-corrected chi connectivity index (χ4v) is 8.35. The molecule has 0 N–H and O–H groups in total. The van der Waals surface area contributed by atoms with E-state index < -0.39 is 0 Å². The number of furan rings is 1. The molecule has 0 spiro atoms. The van der Waals surface area contributed by atoms with Crippen LogP contribution in [0.2, 0.25) is 0 Å². The summed E-state index contributed by atoms with van der Waals surface area (Å²) in [5.74, 6) is -0.241. The molecule has 8 aromatic carbocycles. The van der Waals surface area contributed by atoms with Crippen LogP contribution in [-0.2, 0) is 5.41 Å². The third kappa shape index (κ3) is 4.63. The molecule has 0 unspecified atom stereocenters. The number of para-hydroxylation sites is 1. The lowest BCUT2D eigenvalue weighted by molar-refractivity contribution is 0.628. The number of rotatable bonds is 5. The summed E-state index contributed by atoms with van der Waals surface area (Å²) >= 11 is 0. The maximum atomic E-state index is 13.7. The van der Waals surface area contributed by atoms with Crippen LogP contribution < -0.4 is 4.90 Å². The minimum atomic E-state index is -0.241. The highest BCUT2D eigenvalue weighted by molar-refractivity contribution is 6.17. The third-order valence-electron chi connectivity index (χ3n) is 11.0. The van der Waals surface area contributed by atoms with Crippen molar-refractivity contribution in [3.05, 3.63) is 187 Å². The second-order valence-corrected chi connectivity index (χ2v) is 14.3. The van der Waals surface area contributed by atoms with Gasteiger partial charge in [-0.15, -0.1) is 0 Å². The first-order chi connectivity index (χ1) is 25.5. The van der Waals surface area contributed by atoms with Gasteiger partial charge in [-0.2, -0.15) is 0 Å². The number of hydrogen-bond acceptors (Lipinski definition) is 2. The molecule has 1 aromatic heterocycles. The summed E-state index contributed by atoms with van der Waals surface area (Å²) < 4.78 is 20.6. The third-order valence-corrected chi connectivity index (χ3v) is 11.0. The summed E-state index contributed by atoms with van der Waals surface area (Å²) in [6, 6.07) is 58.7. The normalized spacial score (nSPS) is 13.1. The van der Waals surface area contributed by atoms with E-state index in [1.54, 1.807) is 0 Å². The van der Waals surface area contributed by atoms with Gasteiger partial charge in [-0.25, -0.2) is 4.39 Å². The molecule has 10 rings (SSSR count). The highest BCUT2D eigenvalue weighted by atomic mass is 19.1. The number of nitrogens with zero attached hydrogens (tertiary/aromatic N) is 1. The minimum absolute atomic E-state index is 0.0602. The van der Waals surface area contributed by atoms with Crippen LogP contribution in [0.4, 0.5) is 21.5 Å². The molecular weight excluding hydrogens is 638 g/mol. The zero-order valence-corrected chi connectivity index (χ0v) is 28.9. The molecule has 1 aliphatic carbocycles. The number of fused-ring (bicyclic) bond motifs is 8. The van der Waals surface area contributed by atoms with Gasteiger partial charge in [0.1, 0.15) is 11.4 Å². The lowest BCUT2D eigenvalue weighted by Crippen LogP contribution is -2.14. The molecule has 9 aromatic rings. The molecule has 52 heavy (non-hydrogen) atoms. The molecule has 3 heteroatoms. The molecule has 0 saturated heterocycles. The first kappa shape index (κ1) is 30.4. The van der Waals surface area contributed by atoms with Gasteiger partial charge in [0.25, 0.3) is 0 Å². The van der Waals surface area contributed by atoms with Crippen molar-refractivity contribution in [2.45, 2.75) is 19.3 Å². The number of hydrogen-bond donors (Lipinski definition) is 0. The van der Waals surface area contributed by atoms with E-state index >= 15 is 0 Å². The fraction of sp³-hybridized carbons (Fsp3) is 0.0612. The van der Waals surface area contributed by atoms with Gasteiger partial charge in [-0.3, -0.25) is 0 Å². The smallest absolute Gasteiger partial charge is 0.159 e. The van der Waals surface area contributed by atoms with E-state index in [2.05, 4.69) is 164 Å². The number of halogens is 1. The van der Waals surface area contributed by atoms with Gasteiger partial charge >= 0.3 is 0 Å². The average molecular weight is 672 g/mol. The van der Waals surface area contributed by atoms with Crippen molar-refractivity contribution in [3.63, 3.8) is 0 Å². The average Bonchev–Trinajstić information content (AvgIpc) is 3.69. The summed E-state index contributed by atoms with van der Waals surface area (Å²) in [4.78, 5) is 2.28. The van der Waals surface area contributed by atoms with Crippen LogP contribution in [0.25, 0.3) is 66.1 Å². The molecule has 2 nitrogen and oxygen atoms in total. The summed E-state index contributed by atoms with van der Waals surface area (Å²) in [7, 11) is 0. The van der Waals surface area contributed by atoms with Crippen molar-refractivity contribution in [3.8, 4) is 33.4 Å². The molecule has 0 amide bonds. The van der Waals surface area contributed by atoms with Crippen LogP contribution in [0, 0.1) is 5.82 Å². The van der Waals surface area contributed by atoms with E-state index in [1.807, 2.05) is 12.1 Å². The van der Waals surface area contributed by atoms with Gasteiger partial charge in [-0.05, 0) is 98.4 Å². The van der Waals surface area contributed by atoms with Crippen LogP contribution in [-0.4, -0.2) is 0 Å². The quantitative estimate of drug-likeness (QED) is 0.181. The van der Waals surface area contributed by atoms with Gasteiger partial charge in [-0.1, -0.05) is 135 Å². The monoisotopic (exact) mass is 671 g/mol. The Morgan fingerprint density at radius 1 is 0.462 bits per heavy atom. The Hall–Kier alpha value is -6.45. The second kappa shape index (κ2) is 11.5. The highest BCUT2D eigenvalue weighted by Gasteiger charge is 2.36. The predicted octanol–water partition coefficient (Wildman–Crippen LogP) is 14.0. The molecule has 248 valence electrons. The van der Waals surface area contributed by atoms with Gasteiger partial charge in [0.2, 0.25) is 0 Å². The maximum absolute atomic E-state index is 13.7. The molecule has 0 saturated carbocycles. The van der Waals surface area contributed by atoms with E-state index in [0.29, 0.717) is 0 Å². The van der Waals surface area contributed by atoms with Crippen LogP contribution in [0.3, 0.4) is 0 Å². The van der Waals surface area contributed by atoms with Crippen LogP contribution in [0.5, 0.6) is 0 Å². The Kier molecular flexibility index (Phi) is 6.74. The predicted molar refractivity (Wildman–Crippen MR) is 214 cm³/mol. The van der Waals surface area contributed by atoms with E-state index in [9.17, 15) is 4.39 Å². The molecule has 1 aliphatic rings. The summed E-state index contributed by atoms with van der Waals surface area (Å²) in [5.41, 5.74) is 14.4. The zero-order chi connectivity index (χ0) is 35.0. The van der Waals surface area contributed by atoms with Gasteiger partial charge < -0.3 is 9.32 Å². The van der Waals surface area contributed by atoms with E-state index in [0.717, 1.165) is 60.9 Å². The topological polar surface area (TPSA) is 16.4 Å². The lowest BCUT2D eigenvalue weighted by atomic mass is 9.82. The van der Waals surface area contributed by atoms with E-state index in [1.165, 1.54) is 45.5 Å². The fourth-order valence-electron chi connectivity index (χ4n) is 8.35. The van der Waals surface area contributed by atoms with Crippen LogP contribution in [0.15, 0.2) is 174 Å². The number of anilines is 3. The Morgan fingerprint density at radius 2 is 1.04 bits per heavy atom. The minimum Gasteiger partial charge on any atom is -0.453 e. The van der Waals surface area contributed by atoms with E-state index in [4.69, 9.17) is 4.42 Å². The van der Waals surface area contributed by atoms with Crippen molar-refractivity contribution in [2.75, 3.05) is 4.90 Å². The maximum Gasteiger partial charge on any atom is 0.159 e. The van der Waals surface area contributed by atoms with Crippen molar-refractivity contribution < 1.29 is 8.81 Å². The molecule has 0 radical (unpaired) electrons. The van der Waals surface area contributed by atoms with Crippen LogP contribution in [0.1, 0.15) is 25.0 Å². The largest absolute Gasteiger partial charge is 0.453 e. The molecular formula is C49H34FNO.